The second-order valence-corrected chi connectivity index (χ2v) is 7.53. The molecule has 1 aromatic heterocycles. The fourth-order valence-electron chi connectivity index (χ4n) is 3.69. The first-order valence-electron chi connectivity index (χ1n) is 10.4. The monoisotopic (exact) mass is 461 g/mol. The maximum absolute atomic E-state index is 12.7. The van der Waals surface area contributed by atoms with Crippen molar-refractivity contribution in [2.75, 3.05) is 6.61 Å². The molecule has 2 aromatic carbocycles. The summed E-state index contributed by atoms with van der Waals surface area (Å²) in [6.07, 6.45) is -2.57. The van der Waals surface area contributed by atoms with E-state index in [4.69, 9.17) is 4.74 Å². The van der Waals surface area contributed by atoms with Crippen molar-refractivity contribution >= 4 is 5.91 Å². The van der Waals surface area contributed by atoms with Crippen LogP contribution < -0.4 is 10.1 Å². The Morgan fingerprint density at radius 3 is 2.67 bits per heavy atom. The van der Waals surface area contributed by atoms with Crippen molar-refractivity contribution in [1.82, 2.24) is 15.1 Å². The lowest BCUT2D eigenvalue weighted by Crippen LogP contribution is -2.26. The molecule has 0 spiro atoms. The summed E-state index contributed by atoms with van der Waals surface area (Å²) in [6, 6.07) is 13.6. The quantitative estimate of drug-likeness (QED) is 0.552. The molecule has 0 radical (unpaired) electrons. The van der Waals surface area contributed by atoms with Crippen LogP contribution >= 0.6 is 0 Å². The van der Waals surface area contributed by atoms with Crippen LogP contribution in [0.3, 0.4) is 0 Å². The van der Waals surface area contributed by atoms with Gasteiger partial charge in [0.15, 0.2) is 6.23 Å². The van der Waals surface area contributed by atoms with E-state index < -0.39 is 18.0 Å². The van der Waals surface area contributed by atoms with Gasteiger partial charge < -0.3 is 19.9 Å². The predicted octanol–water partition coefficient (Wildman–Crippen LogP) is 4.78. The molecule has 1 atom stereocenters. The largest absolute Gasteiger partial charge is 0.573 e. The number of phenols is 1. The second-order valence-electron chi connectivity index (χ2n) is 7.53. The summed E-state index contributed by atoms with van der Waals surface area (Å²) < 4.78 is 49.4. The molecule has 2 heterocycles. The van der Waals surface area contributed by atoms with Crippen LogP contribution in [0.5, 0.6) is 11.5 Å². The van der Waals surface area contributed by atoms with E-state index in [1.807, 2.05) is 0 Å². The topological polar surface area (TPSA) is 85.6 Å². The Hall–Kier alpha value is -3.53. The Morgan fingerprint density at radius 2 is 1.94 bits per heavy atom. The van der Waals surface area contributed by atoms with Crippen molar-refractivity contribution in [3.63, 3.8) is 0 Å². The Labute approximate surface area is 187 Å². The van der Waals surface area contributed by atoms with Crippen molar-refractivity contribution in [1.29, 1.82) is 0 Å². The van der Waals surface area contributed by atoms with Gasteiger partial charge in [-0.25, -0.2) is 4.68 Å². The summed E-state index contributed by atoms with van der Waals surface area (Å²) in [6.45, 7) is 0.548. The molecular weight excluding hydrogens is 439 g/mol. The number of rotatable bonds is 6. The fraction of sp³-hybridized carbons (Fsp3) is 0.304. The molecule has 1 saturated heterocycles. The van der Waals surface area contributed by atoms with Gasteiger partial charge in [-0.1, -0.05) is 24.3 Å². The third-order valence-electron chi connectivity index (χ3n) is 5.18. The molecule has 1 fully saturated rings. The molecule has 0 aliphatic carbocycles. The van der Waals surface area contributed by atoms with E-state index in [0.717, 1.165) is 25.3 Å². The number of hydrogen-bond acceptors (Lipinski definition) is 5. The zero-order chi connectivity index (χ0) is 23.4. The molecular formula is C23H22F3N3O4. The van der Waals surface area contributed by atoms with E-state index >= 15 is 0 Å². The van der Waals surface area contributed by atoms with Gasteiger partial charge in [0.2, 0.25) is 0 Å². The Balaban J connectivity index is 1.57. The standard InChI is InChI=1S/C23H22F3N3O4/c24-23(25,26)33-20-10-4-2-8-17(20)22(31)27-14-15-13-18(16-7-1-3-9-19(16)30)29(28-15)21-11-5-6-12-32-21/h1-4,7-10,13,21,30H,5-6,11-12,14H2,(H,27,31). The molecule has 0 bridgehead atoms. The Morgan fingerprint density at radius 1 is 1.18 bits per heavy atom. The number of aromatic nitrogens is 2. The maximum Gasteiger partial charge on any atom is 0.573 e. The number of phenolic OH excluding ortho intramolecular Hbond substituents is 1. The van der Waals surface area contributed by atoms with Crippen LogP contribution in [0.15, 0.2) is 54.6 Å². The van der Waals surface area contributed by atoms with Gasteiger partial charge in [-0.3, -0.25) is 4.79 Å². The molecule has 1 aliphatic heterocycles. The smallest absolute Gasteiger partial charge is 0.507 e. The van der Waals surface area contributed by atoms with Gasteiger partial charge in [0.25, 0.3) is 5.91 Å². The molecule has 1 aliphatic rings. The Kier molecular flexibility index (Phi) is 6.55. The van der Waals surface area contributed by atoms with Gasteiger partial charge in [0, 0.05) is 12.2 Å². The van der Waals surface area contributed by atoms with Crippen LogP contribution in [0.4, 0.5) is 13.2 Å². The van der Waals surface area contributed by atoms with Gasteiger partial charge in [0.1, 0.15) is 11.5 Å². The highest BCUT2D eigenvalue weighted by atomic mass is 19.4. The SMILES string of the molecule is O=C(NCc1cc(-c2ccccc2O)n(C2CCCCO2)n1)c1ccccc1OC(F)(F)F. The van der Waals surface area contributed by atoms with Gasteiger partial charge >= 0.3 is 6.36 Å². The van der Waals surface area contributed by atoms with Crippen molar-refractivity contribution in [3.05, 3.63) is 65.9 Å². The van der Waals surface area contributed by atoms with Crippen LogP contribution in [0, 0.1) is 0 Å². The van der Waals surface area contributed by atoms with E-state index in [9.17, 15) is 23.1 Å². The maximum atomic E-state index is 12.7. The molecule has 4 rings (SSSR count). The van der Waals surface area contributed by atoms with E-state index in [1.165, 1.54) is 18.2 Å². The number of ether oxygens (including phenoxy) is 2. The summed E-state index contributed by atoms with van der Waals surface area (Å²) in [5.74, 6) is -1.25. The molecule has 3 aromatic rings. The van der Waals surface area contributed by atoms with E-state index in [1.54, 1.807) is 35.0 Å². The third-order valence-corrected chi connectivity index (χ3v) is 5.18. The summed E-state index contributed by atoms with van der Waals surface area (Å²) in [4.78, 5) is 12.6. The van der Waals surface area contributed by atoms with E-state index in [0.29, 0.717) is 23.6 Å². The second kappa shape index (κ2) is 9.53. The zero-order valence-electron chi connectivity index (χ0n) is 17.5. The highest BCUT2D eigenvalue weighted by Gasteiger charge is 2.33. The van der Waals surface area contributed by atoms with Crippen LogP contribution in [0.1, 0.15) is 41.5 Å². The predicted molar refractivity (Wildman–Crippen MR) is 112 cm³/mol. The lowest BCUT2D eigenvalue weighted by Gasteiger charge is -2.24. The number of nitrogens with one attached hydrogen (secondary N) is 1. The fourth-order valence-corrected chi connectivity index (χ4v) is 3.69. The van der Waals surface area contributed by atoms with Crippen LogP contribution in [-0.2, 0) is 11.3 Å². The van der Waals surface area contributed by atoms with Gasteiger partial charge in [0.05, 0.1) is 23.5 Å². The number of benzene rings is 2. The molecule has 1 amide bonds. The molecule has 33 heavy (non-hydrogen) atoms. The number of amides is 1. The van der Waals surface area contributed by atoms with Crippen molar-refractivity contribution < 1.29 is 32.5 Å². The zero-order valence-corrected chi connectivity index (χ0v) is 17.5. The van der Waals surface area contributed by atoms with Crippen LogP contribution in [-0.4, -0.2) is 33.8 Å². The normalized spacial score (nSPS) is 16.4. The number of para-hydroxylation sites is 2. The molecule has 0 saturated carbocycles. The van der Waals surface area contributed by atoms with Gasteiger partial charge in [-0.2, -0.15) is 5.10 Å². The summed E-state index contributed by atoms with van der Waals surface area (Å²) in [5.41, 5.74) is 1.39. The van der Waals surface area contributed by atoms with E-state index in [2.05, 4.69) is 15.2 Å². The molecule has 7 nitrogen and oxygen atoms in total. The first-order valence-corrected chi connectivity index (χ1v) is 10.4. The highest BCUT2D eigenvalue weighted by molar-refractivity contribution is 5.96. The number of aromatic hydroxyl groups is 1. The first-order chi connectivity index (χ1) is 15.8. The number of halogens is 3. The van der Waals surface area contributed by atoms with Gasteiger partial charge in [-0.05, 0) is 49.6 Å². The number of alkyl halides is 3. The lowest BCUT2D eigenvalue weighted by molar-refractivity contribution is -0.274. The van der Waals surface area contributed by atoms with Gasteiger partial charge in [-0.15, -0.1) is 13.2 Å². The minimum absolute atomic E-state index is 0.0422. The van der Waals surface area contributed by atoms with E-state index in [-0.39, 0.29) is 24.1 Å². The average molecular weight is 461 g/mol. The summed E-state index contributed by atoms with van der Waals surface area (Å²) in [5, 5.41) is 17.5. The van der Waals surface area contributed by atoms with Crippen molar-refractivity contribution in [2.45, 2.75) is 38.4 Å². The number of carbonyl (C=O) groups excluding carboxylic acids is 1. The molecule has 1 unspecified atom stereocenters. The van der Waals surface area contributed by atoms with Crippen LogP contribution in [0.2, 0.25) is 0 Å². The average Bonchev–Trinajstić information content (AvgIpc) is 3.22. The highest BCUT2D eigenvalue weighted by Crippen LogP contribution is 2.34. The van der Waals surface area contributed by atoms with Crippen LogP contribution in [0.25, 0.3) is 11.3 Å². The first kappa shape index (κ1) is 22.7. The number of hydrogen-bond donors (Lipinski definition) is 2. The third kappa shape index (κ3) is 5.46. The lowest BCUT2D eigenvalue weighted by atomic mass is 10.1. The van der Waals surface area contributed by atoms with Crippen molar-refractivity contribution in [3.8, 4) is 22.8 Å². The molecule has 174 valence electrons. The number of carbonyl (C=O) groups is 1. The Bertz CT molecular complexity index is 1120. The molecule has 10 heteroatoms. The minimum atomic E-state index is -4.91. The summed E-state index contributed by atoms with van der Waals surface area (Å²) in [7, 11) is 0. The summed E-state index contributed by atoms with van der Waals surface area (Å²) >= 11 is 0. The minimum Gasteiger partial charge on any atom is -0.507 e. The van der Waals surface area contributed by atoms with Crippen molar-refractivity contribution in [2.24, 2.45) is 0 Å². The number of nitrogens with zero attached hydrogens (tertiary/aromatic N) is 2. The molecule has 2 N–H and O–H groups in total.